The topological polar surface area (TPSA) is 78.1 Å². The number of amides is 2. The van der Waals surface area contributed by atoms with Crippen LogP contribution in [0.4, 0.5) is 11.4 Å². The molecule has 6 nitrogen and oxygen atoms in total. The highest BCUT2D eigenvalue weighted by molar-refractivity contribution is 6.31. The van der Waals surface area contributed by atoms with Crippen LogP contribution in [-0.2, 0) is 9.59 Å². The number of nitrogens with zero attached hydrogens (tertiary/aromatic N) is 2. The fourth-order valence-corrected chi connectivity index (χ4v) is 3.12. The summed E-state index contributed by atoms with van der Waals surface area (Å²) in [7, 11) is 0. The molecule has 0 unspecified atom stereocenters. The number of rotatable bonds is 3. The fraction of sp³-hybridized carbons (Fsp3) is 0.353. The highest BCUT2D eigenvalue weighted by Gasteiger charge is 2.36. The van der Waals surface area contributed by atoms with Gasteiger partial charge in [-0.2, -0.15) is 5.10 Å². The lowest BCUT2D eigenvalue weighted by Gasteiger charge is -2.19. The van der Waals surface area contributed by atoms with Gasteiger partial charge in [-0.05, 0) is 38.5 Å². The summed E-state index contributed by atoms with van der Waals surface area (Å²) in [6.07, 6.45) is 0.188. The maximum atomic E-state index is 12.5. The Bertz CT molecular complexity index is 795. The molecule has 2 heterocycles. The maximum absolute atomic E-state index is 12.5. The van der Waals surface area contributed by atoms with Crippen LogP contribution >= 0.6 is 11.6 Å². The van der Waals surface area contributed by atoms with Crippen LogP contribution in [0.1, 0.15) is 23.4 Å². The zero-order valence-electron chi connectivity index (χ0n) is 13.8. The normalized spacial score (nSPS) is 17.4. The number of aromatic amines is 1. The first-order valence-corrected chi connectivity index (χ1v) is 8.13. The summed E-state index contributed by atoms with van der Waals surface area (Å²) in [6.45, 7) is 5.93. The van der Waals surface area contributed by atoms with Crippen LogP contribution in [0, 0.1) is 26.7 Å². The van der Waals surface area contributed by atoms with Crippen molar-refractivity contribution in [2.75, 3.05) is 16.8 Å². The van der Waals surface area contributed by atoms with Crippen LogP contribution in [0.5, 0.6) is 0 Å². The first-order valence-electron chi connectivity index (χ1n) is 7.75. The molecule has 7 heteroatoms. The average Bonchev–Trinajstić information content (AvgIpc) is 3.07. The van der Waals surface area contributed by atoms with Crippen LogP contribution in [0.15, 0.2) is 18.2 Å². The Labute approximate surface area is 145 Å². The molecule has 0 radical (unpaired) electrons. The Hall–Kier alpha value is -2.34. The molecule has 1 aliphatic heterocycles. The van der Waals surface area contributed by atoms with Gasteiger partial charge in [-0.3, -0.25) is 14.7 Å². The van der Waals surface area contributed by atoms with E-state index < -0.39 is 5.92 Å². The van der Waals surface area contributed by atoms with Crippen LogP contribution in [0.2, 0.25) is 5.02 Å². The van der Waals surface area contributed by atoms with Crippen LogP contribution in [-0.4, -0.2) is 28.6 Å². The van der Waals surface area contributed by atoms with Crippen molar-refractivity contribution in [3.8, 4) is 0 Å². The van der Waals surface area contributed by atoms with Crippen molar-refractivity contribution in [2.24, 2.45) is 5.92 Å². The summed E-state index contributed by atoms with van der Waals surface area (Å²) < 4.78 is 0. The van der Waals surface area contributed by atoms with Crippen molar-refractivity contribution in [2.45, 2.75) is 27.2 Å². The molecule has 0 bridgehead atoms. The summed E-state index contributed by atoms with van der Waals surface area (Å²) in [5, 5.41) is 10.3. The molecule has 1 aromatic carbocycles. The van der Waals surface area contributed by atoms with Crippen molar-refractivity contribution < 1.29 is 9.59 Å². The molecular weight excluding hydrogens is 328 g/mol. The molecular formula is C17H19ClN4O2. The van der Waals surface area contributed by atoms with Crippen LogP contribution < -0.4 is 10.2 Å². The summed E-state index contributed by atoms with van der Waals surface area (Å²) in [5.41, 5.74) is 3.93. The summed E-state index contributed by atoms with van der Waals surface area (Å²) in [5.74, 6) is -0.635. The number of anilines is 2. The smallest absolute Gasteiger partial charge is 0.229 e. The molecule has 1 aromatic heterocycles. The summed E-state index contributed by atoms with van der Waals surface area (Å²) in [4.78, 5) is 26.5. The maximum Gasteiger partial charge on any atom is 0.229 e. The monoisotopic (exact) mass is 346 g/mol. The van der Waals surface area contributed by atoms with Gasteiger partial charge in [0, 0.05) is 23.7 Å². The molecule has 3 rings (SSSR count). The molecule has 2 amide bonds. The van der Waals surface area contributed by atoms with Crippen LogP contribution in [0.3, 0.4) is 0 Å². The second-order valence-electron chi connectivity index (χ2n) is 6.13. The third kappa shape index (κ3) is 3.01. The van der Waals surface area contributed by atoms with Crippen LogP contribution in [0.25, 0.3) is 0 Å². The lowest BCUT2D eigenvalue weighted by atomic mass is 10.1. The number of carbonyl (C=O) groups is 2. The second-order valence-corrected chi connectivity index (χ2v) is 6.57. The van der Waals surface area contributed by atoms with Gasteiger partial charge in [0.15, 0.2) is 0 Å². The van der Waals surface area contributed by atoms with Crippen molar-refractivity contribution in [3.63, 3.8) is 0 Å². The Kier molecular flexibility index (Phi) is 4.32. The lowest BCUT2D eigenvalue weighted by Crippen LogP contribution is -2.28. The Morgan fingerprint density at radius 2 is 2.12 bits per heavy atom. The first kappa shape index (κ1) is 16.5. The minimum Gasteiger partial charge on any atom is -0.323 e. The number of aromatic nitrogens is 2. The average molecular weight is 347 g/mol. The Morgan fingerprint density at radius 1 is 1.38 bits per heavy atom. The van der Waals surface area contributed by atoms with E-state index in [0.29, 0.717) is 17.3 Å². The lowest BCUT2D eigenvalue weighted by molar-refractivity contribution is -0.122. The van der Waals surface area contributed by atoms with E-state index in [9.17, 15) is 9.59 Å². The van der Waals surface area contributed by atoms with E-state index >= 15 is 0 Å². The van der Waals surface area contributed by atoms with Gasteiger partial charge in [-0.25, -0.2) is 0 Å². The standard InChI is InChI=1S/C17H19ClN4O2/c1-9-4-5-13(18)7-14(9)22-8-12(6-15(22)23)17(24)19-16-10(2)20-21-11(16)3/h4-5,7,12H,6,8H2,1-3H3,(H,19,24)(H,20,21)/t12-/m1/s1. The third-order valence-electron chi connectivity index (χ3n) is 4.33. The van der Waals surface area contributed by atoms with Gasteiger partial charge in [0.05, 0.1) is 23.0 Å². The second kappa shape index (κ2) is 6.28. The molecule has 1 atom stereocenters. The number of benzene rings is 1. The highest BCUT2D eigenvalue weighted by Crippen LogP contribution is 2.31. The van der Waals surface area contributed by atoms with E-state index in [-0.39, 0.29) is 18.2 Å². The number of hydrogen-bond acceptors (Lipinski definition) is 3. The van der Waals surface area contributed by atoms with Gasteiger partial charge >= 0.3 is 0 Å². The van der Waals surface area contributed by atoms with E-state index in [1.54, 1.807) is 17.0 Å². The number of halogens is 1. The van der Waals surface area contributed by atoms with Crippen molar-refractivity contribution >= 4 is 34.8 Å². The third-order valence-corrected chi connectivity index (χ3v) is 4.57. The minimum atomic E-state index is -0.399. The molecule has 1 fully saturated rings. The van der Waals surface area contributed by atoms with Gasteiger partial charge in [0.25, 0.3) is 0 Å². The van der Waals surface area contributed by atoms with Gasteiger partial charge < -0.3 is 10.2 Å². The Balaban J connectivity index is 1.77. The molecule has 1 saturated heterocycles. The van der Waals surface area contributed by atoms with Gasteiger partial charge in [0.1, 0.15) is 0 Å². The highest BCUT2D eigenvalue weighted by atomic mass is 35.5. The van der Waals surface area contributed by atoms with Gasteiger partial charge in [-0.15, -0.1) is 0 Å². The van der Waals surface area contributed by atoms with Crippen molar-refractivity contribution in [3.05, 3.63) is 40.2 Å². The first-order chi connectivity index (χ1) is 11.4. The minimum absolute atomic E-state index is 0.0684. The van der Waals surface area contributed by atoms with Crippen molar-refractivity contribution in [1.82, 2.24) is 10.2 Å². The number of hydrogen-bond donors (Lipinski definition) is 2. The Morgan fingerprint density at radius 3 is 2.79 bits per heavy atom. The van der Waals surface area contributed by atoms with E-state index in [1.165, 1.54) is 0 Å². The van der Waals surface area contributed by atoms with E-state index in [4.69, 9.17) is 11.6 Å². The predicted octanol–water partition coefficient (Wildman–Crippen LogP) is 2.98. The van der Waals surface area contributed by atoms with E-state index in [0.717, 1.165) is 22.6 Å². The molecule has 126 valence electrons. The molecule has 0 saturated carbocycles. The van der Waals surface area contributed by atoms with Gasteiger partial charge in [-0.1, -0.05) is 17.7 Å². The SMILES string of the molecule is Cc1ccc(Cl)cc1N1C[C@H](C(=O)Nc2c(C)n[nH]c2C)CC1=O. The van der Waals surface area contributed by atoms with Crippen molar-refractivity contribution in [1.29, 1.82) is 0 Å². The zero-order valence-corrected chi connectivity index (χ0v) is 14.6. The number of nitrogens with one attached hydrogen (secondary N) is 2. The molecule has 0 spiro atoms. The number of aryl methyl sites for hydroxylation is 3. The summed E-state index contributed by atoms with van der Waals surface area (Å²) >= 11 is 6.04. The zero-order chi connectivity index (χ0) is 17.4. The largest absolute Gasteiger partial charge is 0.323 e. The predicted molar refractivity (Wildman–Crippen MR) is 93.3 cm³/mol. The quantitative estimate of drug-likeness (QED) is 0.896. The fourth-order valence-electron chi connectivity index (χ4n) is 2.95. The molecule has 0 aliphatic carbocycles. The summed E-state index contributed by atoms with van der Waals surface area (Å²) in [6, 6.07) is 5.42. The number of carbonyl (C=O) groups excluding carboxylic acids is 2. The van der Waals surface area contributed by atoms with E-state index in [1.807, 2.05) is 26.8 Å². The molecule has 1 aliphatic rings. The van der Waals surface area contributed by atoms with Gasteiger partial charge in [0.2, 0.25) is 11.8 Å². The molecule has 2 aromatic rings. The van der Waals surface area contributed by atoms with E-state index in [2.05, 4.69) is 15.5 Å². The molecule has 2 N–H and O–H groups in total. The number of H-pyrrole nitrogens is 1. The molecule has 24 heavy (non-hydrogen) atoms.